The average molecular weight is 498 g/mol. The van der Waals surface area contributed by atoms with Crippen molar-refractivity contribution in [2.24, 2.45) is 0 Å². The maximum absolute atomic E-state index is 11.9. The number of Topliss-reactive ketones (excluding diaryl/α,β-unsaturated/α-hetero) is 1. The molecule has 0 radical (unpaired) electrons. The summed E-state index contributed by atoms with van der Waals surface area (Å²) in [6.07, 6.45) is 4.07. The van der Waals surface area contributed by atoms with Crippen molar-refractivity contribution < 1.29 is 9.32 Å². The van der Waals surface area contributed by atoms with Crippen molar-refractivity contribution in [3.05, 3.63) is 137 Å². The highest BCUT2D eigenvalue weighted by atomic mass is 16.5. The molecule has 0 fully saturated rings. The van der Waals surface area contributed by atoms with Crippen molar-refractivity contribution >= 4 is 16.8 Å². The molecule has 0 saturated carbocycles. The van der Waals surface area contributed by atoms with Gasteiger partial charge in [-0.3, -0.25) is 4.79 Å². The number of carbonyl (C=O) groups is 1. The van der Waals surface area contributed by atoms with Crippen molar-refractivity contribution in [1.29, 1.82) is 0 Å². The first-order valence-corrected chi connectivity index (χ1v) is 12.7. The molecule has 3 aromatic heterocycles. The minimum absolute atomic E-state index is 0.000591. The van der Waals surface area contributed by atoms with E-state index in [2.05, 4.69) is 70.5 Å². The van der Waals surface area contributed by atoms with Gasteiger partial charge in [0.1, 0.15) is 11.4 Å². The van der Waals surface area contributed by atoms with E-state index in [0.29, 0.717) is 5.56 Å². The summed E-state index contributed by atoms with van der Waals surface area (Å²) in [4.78, 5) is 16.9. The predicted molar refractivity (Wildman–Crippen MR) is 150 cm³/mol. The lowest BCUT2D eigenvalue weighted by molar-refractivity contribution is 0.101. The summed E-state index contributed by atoms with van der Waals surface area (Å²) < 4.78 is 7.59. The van der Waals surface area contributed by atoms with Crippen molar-refractivity contribution in [3.63, 3.8) is 0 Å². The number of aryl methyl sites for hydroxylation is 2. The largest absolute Gasteiger partial charge is 0.361 e. The molecule has 0 aliphatic carbocycles. The van der Waals surface area contributed by atoms with Gasteiger partial charge in [-0.05, 0) is 67.8 Å². The van der Waals surface area contributed by atoms with Crippen LogP contribution >= 0.6 is 0 Å². The summed E-state index contributed by atoms with van der Waals surface area (Å²) in [5, 5.41) is 5.22. The number of fused-ring (bicyclic) bond motifs is 1. The maximum Gasteiger partial charge on any atom is 0.159 e. The summed E-state index contributed by atoms with van der Waals surface area (Å²) in [7, 11) is 0. The molecule has 0 N–H and O–H groups in total. The van der Waals surface area contributed by atoms with Gasteiger partial charge in [0.15, 0.2) is 5.78 Å². The summed E-state index contributed by atoms with van der Waals surface area (Å²) >= 11 is 0. The van der Waals surface area contributed by atoms with E-state index in [-0.39, 0.29) is 11.7 Å². The highest BCUT2D eigenvalue weighted by Gasteiger charge is 2.24. The number of ketones is 1. The molecule has 5 heteroatoms. The molecule has 0 unspecified atom stereocenters. The van der Waals surface area contributed by atoms with Gasteiger partial charge < -0.3 is 9.09 Å². The molecule has 186 valence electrons. The number of nitrogens with zero attached hydrogens (tertiary/aromatic N) is 3. The van der Waals surface area contributed by atoms with Gasteiger partial charge in [-0.1, -0.05) is 65.8 Å². The van der Waals surface area contributed by atoms with Crippen LogP contribution < -0.4 is 0 Å². The standard InChI is InChI=1S/C33H27N3O2/c1-21-31(23(3)38-35-21)27-18-29-30(32(25-10-6-4-7-11-25)26-12-8-5-9-13-26)20-36(33(29)34-19-27)28-16-14-24(15-17-28)22(2)37/h4-20,32H,1-3H3. The van der Waals surface area contributed by atoms with Gasteiger partial charge in [-0.15, -0.1) is 0 Å². The topological polar surface area (TPSA) is 60.9 Å². The third kappa shape index (κ3) is 4.12. The van der Waals surface area contributed by atoms with Crippen molar-refractivity contribution in [2.75, 3.05) is 0 Å². The van der Waals surface area contributed by atoms with Crippen LogP contribution in [0.25, 0.3) is 27.8 Å². The van der Waals surface area contributed by atoms with E-state index < -0.39 is 0 Å². The highest BCUT2D eigenvalue weighted by molar-refractivity contribution is 5.94. The molecule has 0 spiro atoms. The van der Waals surface area contributed by atoms with Crippen LogP contribution in [0.4, 0.5) is 0 Å². The molecule has 38 heavy (non-hydrogen) atoms. The normalized spacial score (nSPS) is 11.4. The van der Waals surface area contributed by atoms with Crippen LogP contribution in [0.15, 0.2) is 108 Å². The number of carbonyl (C=O) groups excluding carboxylic acids is 1. The van der Waals surface area contributed by atoms with Crippen LogP contribution in [-0.4, -0.2) is 20.5 Å². The number of aromatic nitrogens is 3. The highest BCUT2D eigenvalue weighted by Crippen LogP contribution is 2.39. The molecule has 6 rings (SSSR count). The fourth-order valence-electron chi connectivity index (χ4n) is 5.29. The minimum Gasteiger partial charge on any atom is -0.361 e. The monoisotopic (exact) mass is 497 g/mol. The number of hydrogen-bond acceptors (Lipinski definition) is 4. The second kappa shape index (κ2) is 9.60. The summed E-state index contributed by atoms with van der Waals surface area (Å²) in [5.74, 6) is 0.816. The SMILES string of the molecule is CC(=O)c1ccc(-n2cc(C(c3ccccc3)c3ccccc3)c3cc(-c4c(C)noc4C)cnc32)cc1. The zero-order chi connectivity index (χ0) is 26.2. The smallest absolute Gasteiger partial charge is 0.159 e. The second-order valence-corrected chi connectivity index (χ2v) is 9.61. The second-order valence-electron chi connectivity index (χ2n) is 9.61. The molecule has 3 aromatic carbocycles. The lowest BCUT2D eigenvalue weighted by Crippen LogP contribution is -2.03. The fraction of sp³-hybridized carbons (Fsp3) is 0.121. The van der Waals surface area contributed by atoms with Crippen molar-refractivity contribution in [2.45, 2.75) is 26.7 Å². The lowest BCUT2D eigenvalue weighted by Gasteiger charge is -2.18. The number of hydrogen-bond donors (Lipinski definition) is 0. The molecular formula is C33H27N3O2. The van der Waals surface area contributed by atoms with Crippen LogP contribution in [0.5, 0.6) is 0 Å². The third-order valence-electron chi connectivity index (χ3n) is 7.12. The molecule has 0 aliphatic rings. The minimum atomic E-state index is -0.000591. The Morgan fingerprint density at radius 2 is 1.50 bits per heavy atom. The van der Waals surface area contributed by atoms with Gasteiger partial charge in [0, 0.05) is 46.1 Å². The first-order chi connectivity index (χ1) is 18.5. The Kier molecular flexibility index (Phi) is 5.97. The Hall–Kier alpha value is -4.77. The molecule has 3 heterocycles. The van der Waals surface area contributed by atoms with E-state index in [4.69, 9.17) is 9.51 Å². The van der Waals surface area contributed by atoms with Crippen molar-refractivity contribution in [1.82, 2.24) is 14.7 Å². The van der Waals surface area contributed by atoms with Gasteiger partial charge in [0.2, 0.25) is 0 Å². The average Bonchev–Trinajstić information content (AvgIpc) is 3.49. The van der Waals surface area contributed by atoms with E-state index in [1.807, 2.05) is 56.4 Å². The third-order valence-corrected chi connectivity index (χ3v) is 7.12. The van der Waals surface area contributed by atoms with Crippen LogP contribution in [0.3, 0.4) is 0 Å². The zero-order valence-corrected chi connectivity index (χ0v) is 21.6. The van der Waals surface area contributed by atoms with Crippen LogP contribution in [0.1, 0.15) is 51.3 Å². The number of benzene rings is 3. The molecular weight excluding hydrogens is 470 g/mol. The molecule has 6 aromatic rings. The van der Waals surface area contributed by atoms with Gasteiger partial charge in [-0.2, -0.15) is 0 Å². The summed E-state index contributed by atoms with van der Waals surface area (Å²) in [5.41, 5.74) is 8.82. The van der Waals surface area contributed by atoms with E-state index in [0.717, 1.165) is 44.9 Å². The van der Waals surface area contributed by atoms with Gasteiger partial charge in [-0.25, -0.2) is 4.98 Å². The van der Waals surface area contributed by atoms with E-state index in [1.54, 1.807) is 6.92 Å². The van der Waals surface area contributed by atoms with Crippen molar-refractivity contribution in [3.8, 4) is 16.8 Å². The molecule has 0 amide bonds. The van der Waals surface area contributed by atoms with E-state index in [1.165, 1.54) is 11.1 Å². The zero-order valence-electron chi connectivity index (χ0n) is 21.6. The Balaban J connectivity index is 1.63. The molecule has 0 bridgehead atoms. The predicted octanol–water partition coefficient (Wildman–Crippen LogP) is 7.68. The lowest BCUT2D eigenvalue weighted by atomic mass is 9.85. The fourth-order valence-corrected chi connectivity index (χ4v) is 5.29. The quantitative estimate of drug-likeness (QED) is 0.221. The Labute approximate surface area is 221 Å². The first kappa shape index (κ1) is 23.6. The maximum atomic E-state index is 11.9. The van der Waals surface area contributed by atoms with Gasteiger partial charge in [0.05, 0.1) is 5.69 Å². The Bertz CT molecular complexity index is 1690. The van der Waals surface area contributed by atoms with E-state index in [9.17, 15) is 4.79 Å². The summed E-state index contributed by atoms with van der Waals surface area (Å²) in [6.45, 7) is 5.47. The van der Waals surface area contributed by atoms with Crippen LogP contribution in [0, 0.1) is 13.8 Å². The number of pyridine rings is 1. The molecule has 0 atom stereocenters. The van der Waals surface area contributed by atoms with E-state index >= 15 is 0 Å². The molecule has 0 aliphatic heterocycles. The molecule has 5 nitrogen and oxygen atoms in total. The van der Waals surface area contributed by atoms with Crippen LogP contribution in [-0.2, 0) is 0 Å². The van der Waals surface area contributed by atoms with Crippen LogP contribution in [0.2, 0.25) is 0 Å². The first-order valence-electron chi connectivity index (χ1n) is 12.7. The number of rotatable bonds is 6. The molecule has 0 saturated heterocycles. The Morgan fingerprint density at radius 1 is 0.868 bits per heavy atom. The van der Waals surface area contributed by atoms with Gasteiger partial charge >= 0.3 is 0 Å². The Morgan fingerprint density at radius 3 is 2.05 bits per heavy atom. The summed E-state index contributed by atoms with van der Waals surface area (Å²) in [6, 6.07) is 31.0. The van der Waals surface area contributed by atoms with Gasteiger partial charge in [0.25, 0.3) is 0 Å².